The van der Waals surface area contributed by atoms with Gasteiger partial charge in [-0.2, -0.15) is 0 Å². The van der Waals surface area contributed by atoms with Gasteiger partial charge >= 0.3 is 5.97 Å². The minimum absolute atomic E-state index is 0.0203. The molecule has 0 fully saturated rings. The number of aliphatic hydroxyl groups is 1. The number of hydrogen-bond donors (Lipinski definition) is 18. The molecule has 0 spiro atoms. The number of hydrogen-bond acceptors (Lipinski definition) is 17. The molecule has 0 saturated carbocycles. The third kappa shape index (κ3) is 30.3. The molecule has 2 rings (SSSR count). The molecule has 2 aromatic carbocycles. The van der Waals surface area contributed by atoms with Gasteiger partial charge in [0.25, 0.3) is 0 Å². The highest BCUT2D eigenvalue weighted by Gasteiger charge is 2.35. The fraction of sp³-hybridized carbons (Fsp3) is 0.614. The number of nitrogens with two attached hydrogens (primary N) is 8. The number of nitrogens with zero attached hydrogens (tertiary/aromatic N) is 1. The Morgan fingerprint density at radius 2 is 0.659 bits per heavy atom. The number of benzene rings is 2. The van der Waals surface area contributed by atoms with Crippen LogP contribution in [0.1, 0.15) is 120 Å². The molecule has 0 bridgehead atoms. The lowest BCUT2D eigenvalue weighted by atomic mass is 10.0. The van der Waals surface area contributed by atoms with Gasteiger partial charge in [0.05, 0.1) is 12.6 Å². The van der Waals surface area contributed by atoms with Gasteiger partial charge in [-0.1, -0.05) is 67.1 Å². The molecule has 85 heavy (non-hydrogen) atoms. The second-order valence-electron chi connectivity index (χ2n) is 20.9. The largest absolute Gasteiger partial charge is 0.480 e. The monoisotopic (exact) mass is 1200 g/mol. The van der Waals surface area contributed by atoms with Crippen LogP contribution in [0.15, 0.2) is 65.7 Å². The molecule has 28 nitrogen and oxygen atoms in total. The quantitative estimate of drug-likeness (QED) is 0.0173. The van der Waals surface area contributed by atoms with Gasteiger partial charge in [-0.15, -0.1) is 0 Å². The first-order valence-electron chi connectivity index (χ1n) is 29.5. The first-order valence-corrected chi connectivity index (χ1v) is 29.5. The van der Waals surface area contributed by atoms with E-state index in [4.69, 9.17) is 45.9 Å². The molecule has 2 aromatic rings. The summed E-state index contributed by atoms with van der Waals surface area (Å²) in [6.45, 7) is 0.653. The van der Waals surface area contributed by atoms with E-state index in [1.807, 2.05) is 0 Å². The summed E-state index contributed by atoms with van der Waals surface area (Å²) in [6, 6.07) is 5.24. The summed E-state index contributed by atoms with van der Waals surface area (Å²) in [5, 5.41) is 41.7. The van der Waals surface area contributed by atoms with Crippen molar-refractivity contribution in [2.24, 2.45) is 50.9 Å². The smallest absolute Gasteiger partial charge is 0.326 e. The zero-order valence-electron chi connectivity index (χ0n) is 49.0. The first-order chi connectivity index (χ1) is 40.8. The van der Waals surface area contributed by atoms with Crippen LogP contribution in [0.3, 0.4) is 0 Å². The van der Waals surface area contributed by atoms with E-state index in [0.29, 0.717) is 101 Å². The number of carboxylic acids is 1. The highest BCUT2D eigenvalue weighted by Crippen LogP contribution is 2.13. The summed E-state index contributed by atoms with van der Waals surface area (Å²) in [6.07, 6.45) is 5.33. The van der Waals surface area contributed by atoms with Gasteiger partial charge in [-0.05, 0) is 147 Å². The molecule has 0 aliphatic carbocycles. The topological polar surface area (TPSA) is 511 Å². The lowest BCUT2D eigenvalue weighted by molar-refractivity contribution is -0.142. The maximum absolute atomic E-state index is 14.6. The maximum Gasteiger partial charge on any atom is 0.326 e. The number of carbonyl (C=O) groups is 9. The van der Waals surface area contributed by atoms with Crippen LogP contribution in [0.2, 0.25) is 0 Å². The summed E-state index contributed by atoms with van der Waals surface area (Å²) in [7, 11) is 0. The number of amides is 8. The van der Waals surface area contributed by atoms with Crippen molar-refractivity contribution in [1.29, 1.82) is 0 Å². The van der Waals surface area contributed by atoms with Gasteiger partial charge in [0.15, 0.2) is 5.96 Å². The third-order valence-electron chi connectivity index (χ3n) is 13.8. The highest BCUT2D eigenvalue weighted by atomic mass is 16.4. The van der Waals surface area contributed by atoms with E-state index < -0.39 is 114 Å². The molecule has 0 aromatic heterocycles. The van der Waals surface area contributed by atoms with Gasteiger partial charge in [0, 0.05) is 19.4 Å². The van der Waals surface area contributed by atoms with Crippen molar-refractivity contribution in [2.45, 2.75) is 176 Å². The van der Waals surface area contributed by atoms with Gasteiger partial charge in [-0.3, -0.25) is 43.3 Å². The van der Waals surface area contributed by atoms with E-state index in [1.165, 1.54) is 0 Å². The van der Waals surface area contributed by atoms with Crippen molar-refractivity contribution in [3.63, 3.8) is 0 Å². The third-order valence-corrected chi connectivity index (χ3v) is 13.8. The molecular formula is C57H97N17O11. The van der Waals surface area contributed by atoms with Crippen LogP contribution in [0, 0.1) is 0 Å². The van der Waals surface area contributed by atoms with E-state index >= 15 is 0 Å². The Balaban J connectivity index is 2.53. The summed E-state index contributed by atoms with van der Waals surface area (Å²) in [5.41, 5.74) is 47.1. The van der Waals surface area contributed by atoms with E-state index in [2.05, 4.69) is 47.5 Å². The minimum atomic E-state index is -1.71. The van der Waals surface area contributed by atoms with Gasteiger partial charge in [0.1, 0.15) is 48.3 Å². The van der Waals surface area contributed by atoms with Gasteiger partial charge in [0.2, 0.25) is 47.3 Å². The van der Waals surface area contributed by atoms with E-state index in [9.17, 15) is 53.4 Å². The minimum Gasteiger partial charge on any atom is -0.480 e. The standard InChI is InChI=1S/C57H97N17O11/c58-28-12-7-22-39(63)48(76)67-40(23-8-13-29-59)49(77)68-41(24-9-14-30-60)50(78)69-42(25-10-15-31-61)51(79)70-43(27-17-33-66-57(64)65)52(80)72-46(35-38-20-5-2-6-21-38)54(82)74-47(36-75)55(83)73-45(34-37-18-3-1-4-19-37)53(81)71-44(56(84)85)26-11-16-32-62/h1-6,18-21,39-47,75H,7-17,22-36,58-63H2,(H,67,76)(H,68,77)(H,69,78)(H,70,79)(H,71,81)(H,72,80)(H,73,83)(H,74,82)(H,84,85)(H4,64,65,66)/t39-,40-,41-,42-,43-,44-,45-,46-,47-/m0/s1. The molecule has 26 N–H and O–H groups in total. The van der Waals surface area contributed by atoms with Crippen molar-refractivity contribution >= 4 is 59.2 Å². The van der Waals surface area contributed by atoms with E-state index in [1.54, 1.807) is 60.7 Å². The zero-order chi connectivity index (χ0) is 62.9. The van der Waals surface area contributed by atoms with Crippen molar-refractivity contribution in [3.05, 3.63) is 71.8 Å². The lowest BCUT2D eigenvalue weighted by Crippen LogP contribution is -2.61. The summed E-state index contributed by atoms with van der Waals surface area (Å²) < 4.78 is 0. The Morgan fingerprint density at radius 3 is 1.00 bits per heavy atom. The maximum atomic E-state index is 14.6. The first kappa shape index (κ1) is 73.8. The molecule has 0 unspecified atom stereocenters. The van der Waals surface area contributed by atoms with Crippen molar-refractivity contribution in [2.75, 3.05) is 45.9 Å². The number of rotatable bonds is 46. The van der Waals surface area contributed by atoms with Crippen molar-refractivity contribution in [1.82, 2.24) is 42.5 Å². The summed E-state index contributed by atoms with van der Waals surface area (Å²) >= 11 is 0. The number of nitrogens with one attached hydrogen (secondary N) is 8. The Bertz CT molecular complexity index is 2350. The van der Waals surface area contributed by atoms with Crippen LogP contribution < -0.4 is 88.4 Å². The SMILES string of the molecule is NCCCC[C@H](NC(=O)[C@H](Cc1ccccc1)NC(=O)[C@H](CO)NC(=O)[C@H](Cc1ccccc1)NC(=O)[C@H](CCCN=C(N)N)NC(=O)[C@H](CCCCN)NC(=O)[C@H](CCCCN)NC(=O)[C@H](CCCCN)NC(=O)[C@@H](N)CCCCN)C(=O)O. The lowest BCUT2D eigenvalue weighted by Gasteiger charge is -2.28. The number of unbranched alkanes of at least 4 members (excludes halogenated alkanes) is 5. The van der Waals surface area contributed by atoms with Crippen LogP contribution in [0.5, 0.6) is 0 Å². The summed E-state index contributed by atoms with van der Waals surface area (Å²) in [5.74, 6) is -7.97. The molecule has 476 valence electrons. The molecule has 9 atom stereocenters. The fourth-order valence-electron chi connectivity index (χ4n) is 8.94. The molecule has 28 heteroatoms. The van der Waals surface area contributed by atoms with Crippen LogP contribution >= 0.6 is 0 Å². The van der Waals surface area contributed by atoms with Crippen molar-refractivity contribution < 1.29 is 53.4 Å². The second-order valence-corrected chi connectivity index (χ2v) is 20.9. The molecular weight excluding hydrogens is 1100 g/mol. The number of carboxylic acid groups (broad SMARTS) is 1. The number of carbonyl (C=O) groups excluding carboxylic acids is 8. The number of guanidine groups is 1. The second kappa shape index (κ2) is 43.3. The zero-order valence-corrected chi connectivity index (χ0v) is 49.0. The molecule has 0 aliphatic heterocycles. The van der Waals surface area contributed by atoms with Crippen LogP contribution in [-0.4, -0.2) is 170 Å². The predicted molar refractivity (Wildman–Crippen MR) is 323 cm³/mol. The molecule has 8 amide bonds. The molecule has 0 radical (unpaired) electrons. The van der Waals surface area contributed by atoms with Crippen LogP contribution in [0.25, 0.3) is 0 Å². The number of aliphatic carboxylic acids is 1. The predicted octanol–water partition coefficient (Wildman–Crippen LogP) is -3.55. The number of aliphatic hydroxyl groups excluding tert-OH is 1. The fourth-order valence-corrected chi connectivity index (χ4v) is 8.94. The normalized spacial score (nSPS) is 14.2. The van der Waals surface area contributed by atoms with E-state index in [0.717, 1.165) is 0 Å². The number of aliphatic imine (C=N–C) groups is 1. The average Bonchev–Trinajstić information content (AvgIpc) is 3.61. The Morgan fingerprint density at radius 1 is 0.376 bits per heavy atom. The Labute approximate surface area is 498 Å². The molecule has 0 heterocycles. The summed E-state index contributed by atoms with van der Waals surface area (Å²) in [4.78, 5) is 129. The van der Waals surface area contributed by atoms with E-state index in [-0.39, 0.29) is 77.0 Å². The Hall–Kier alpha value is -7.34. The van der Waals surface area contributed by atoms with Gasteiger partial charge < -0.3 is 98.6 Å². The van der Waals surface area contributed by atoms with Crippen LogP contribution in [-0.2, 0) is 56.0 Å². The Kier molecular flexibility index (Phi) is 37.6. The average molecular weight is 1200 g/mol. The highest BCUT2D eigenvalue weighted by molar-refractivity contribution is 5.98. The molecule has 0 saturated heterocycles. The van der Waals surface area contributed by atoms with Gasteiger partial charge in [-0.25, -0.2) is 4.79 Å². The van der Waals surface area contributed by atoms with Crippen molar-refractivity contribution in [3.8, 4) is 0 Å². The molecule has 0 aliphatic rings. The van der Waals surface area contributed by atoms with Crippen LogP contribution in [0.4, 0.5) is 0 Å².